The van der Waals surface area contributed by atoms with Crippen molar-refractivity contribution in [1.29, 1.82) is 0 Å². The summed E-state index contributed by atoms with van der Waals surface area (Å²) >= 11 is 0. The van der Waals surface area contributed by atoms with E-state index in [0.29, 0.717) is 12.2 Å². The van der Waals surface area contributed by atoms with E-state index in [2.05, 4.69) is 10.3 Å². The number of aromatic nitrogens is 1. The lowest BCUT2D eigenvalue weighted by Crippen LogP contribution is -2.27. The van der Waals surface area contributed by atoms with Gasteiger partial charge in [-0.15, -0.1) is 0 Å². The van der Waals surface area contributed by atoms with Crippen LogP contribution >= 0.6 is 0 Å². The molecule has 2 unspecified atom stereocenters. The lowest BCUT2D eigenvalue weighted by molar-refractivity contribution is 0.365. The van der Waals surface area contributed by atoms with E-state index in [0.717, 1.165) is 5.69 Å². The van der Waals surface area contributed by atoms with Gasteiger partial charge in [0, 0.05) is 6.20 Å². The van der Waals surface area contributed by atoms with Crippen LogP contribution in [0.25, 0.3) is 0 Å². The van der Waals surface area contributed by atoms with Gasteiger partial charge in [0.1, 0.15) is 5.75 Å². The highest BCUT2D eigenvalue weighted by molar-refractivity contribution is 7.91. The Labute approximate surface area is 107 Å². The smallest absolute Gasteiger partial charge is 0.150 e. The van der Waals surface area contributed by atoms with Gasteiger partial charge in [-0.1, -0.05) is 0 Å². The largest absolute Gasteiger partial charge is 0.495 e. The number of ether oxygens (including phenoxy) is 1. The Morgan fingerprint density at radius 3 is 2.89 bits per heavy atom. The standard InChI is InChI=1S/C12H18N2O3S/c1-13-11(9-5-7-18(15,16)8-9)12-10(17-2)4-3-6-14-12/h3-4,6,9,11,13H,5,7-8H2,1-2H3. The molecule has 6 heteroatoms. The Bertz CT molecular complexity index is 516. The molecular formula is C12H18N2O3S. The minimum absolute atomic E-state index is 0.0591. The first-order valence-corrected chi connectivity index (χ1v) is 7.76. The Hall–Kier alpha value is -1.14. The molecule has 100 valence electrons. The van der Waals surface area contributed by atoms with E-state index in [1.165, 1.54) is 0 Å². The Morgan fingerprint density at radius 1 is 1.56 bits per heavy atom. The molecule has 0 saturated carbocycles. The number of nitrogens with zero attached hydrogens (tertiary/aromatic N) is 1. The van der Waals surface area contributed by atoms with Gasteiger partial charge in [0.05, 0.1) is 30.4 Å². The van der Waals surface area contributed by atoms with Crippen molar-refractivity contribution in [1.82, 2.24) is 10.3 Å². The average Bonchev–Trinajstić information content (AvgIpc) is 2.71. The van der Waals surface area contributed by atoms with Crippen molar-refractivity contribution in [3.8, 4) is 5.75 Å². The van der Waals surface area contributed by atoms with Crippen molar-refractivity contribution < 1.29 is 13.2 Å². The third-order valence-corrected chi connectivity index (χ3v) is 5.16. The van der Waals surface area contributed by atoms with Crippen molar-refractivity contribution in [2.45, 2.75) is 12.5 Å². The van der Waals surface area contributed by atoms with Gasteiger partial charge in [-0.05, 0) is 31.5 Å². The van der Waals surface area contributed by atoms with Crippen molar-refractivity contribution in [3.63, 3.8) is 0 Å². The summed E-state index contributed by atoms with van der Waals surface area (Å²) in [4.78, 5) is 4.33. The molecular weight excluding hydrogens is 252 g/mol. The van der Waals surface area contributed by atoms with Crippen LogP contribution in [0.1, 0.15) is 18.2 Å². The molecule has 0 aromatic carbocycles. The molecule has 1 aromatic rings. The molecule has 0 radical (unpaired) electrons. The molecule has 2 rings (SSSR count). The first-order chi connectivity index (χ1) is 8.57. The number of rotatable bonds is 4. The minimum Gasteiger partial charge on any atom is -0.495 e. The van der Waals surface area contributed by atoms with Gasteiger partial charge < -0.3 is 10.1 Å². The van der Waals surface area contributed by atoms with E-state index in [4.69, 9.17) is 4.74 Å². The predicted molar refractivity (Wildman–Crippen MR) is 69.4 cm³/mol. The van der Waals surface area contributed by atoms with Crippen LogP contribution in [0.3, 0.4) is 0 Å². The molecule has 2 heterocycles. The summed E-state index contributed by atoms with van der Waals surface area (Å²) in [6.07, 6.45) is 2.37. The zero-order valence-electron chi connectivity index (χ0n) is 10.6. The second-order valence-electron chi connectivity index (χ2n) is 4.52. The Balaban J connectivity index is 2.29. The fraction of sp³-hybridized carbons (Fsp3) is 0.583. The first-order valence-electron chi connectivity index (χ1n) is 5.94. The number of pyridine rings is 1. The van der Waals surface area contributed by atoms with Crippen LogP contribution in [0.5, 0.6) is 5.75 Å². The lowest BCUT2D eigenvalue weighted by Gasteiger charge is -2.23. The van der Waals surface area contributed by atoms with Crippen LogP contribution in [0, 0.1) is 5.92 Å². The fourth-order valence-corrected chi connectivity index (χ4v) is 4.33. The van der Waals surface area contributed by atoms with Crippen LogP contribution in [-0.2, 0) is 9.84 Å². The maximum atomic E-state index is 11.6. The Kier molecular flexibility index (Phi) is 3.87. The Morgan fingerprint density at radius 2 is 2.33 bits per heavy atom. The normalized spacial score (nSPS) is 23.8. The van der Waals surface area contributed by atoms with Crippen molar-refractivity contribution in [2.24, 2.45) is 5.92 Å². The molecule has 0 aliphatic carbocycles. The van der Waals surface area contributed by atoms with Crippen LogP contribution in [0.4, 0.5) is 0 Å². The predicted octanol–water partition coefficient (Wildman–Crippen LogP) is 0.785. The summed E-state index contributed by atoms with van der Waals surface area (Å²) in [5.41, 5.74) is 0.782. The summed E-state index contributed by atoms with van der Waals surface area (Å²) in [5.74, 6) is 1.24. The van der Waals surface area contributed by atoms with E-state index >= 15 is 0 Å². The number of hydrogen-bond donors (Lipinski definition) is 1. The van der Waals surface area contributed by atoms with E-state index in [-0.39, 0.29) is 23.5 Å². The molecule has 5 nitrogen and oxygen atoms in total. The molecule has 0 spiro atoms. The van der Waals surface area contributed by atoms with E-state index in [1.807, 2.05) is 13.1 Å². The molecule has 1 aliphatic rings. The molecule has 1 aliphatic heterocycles. The monoisotopic (exact) mass is 270 g/mol. The van der Waals surface area contributed by atoms with Gasteiger partial charge >= 0.3 is 0 Å². The summed E-state index contributed by atoms with van der Waals surface area (Å²) in [5, 5.41) is 3.17. The van der Waals surface area contributed by atoms with Gasteiger partial charge in [0.15, 0.2) is 9.84 Å². The van der Waals surface area contributed by atoms with Crippen molar-refractivity contribution >= 4 is 9.84 Å². The molecule has 1 fully saturated rings. The quantitative estimate of drug-likeness (QED) is 0.876. The van der Waals surface area contributed by atoms with Gasteiger partial charge in [0.25, 0.3) is 0 Å². The topological polar surface area (TPSA) is 68.3 Å². The van der Waals surface area contributed by atoms with E-state index in [9.17, 15) is 8.42 Å². The molecule has 1 N–H and O–H groups in total. The summed E-state index contributed by atoms with van der Waals surface area (Å²) < 4.78 is 28.4. The van der Waals surface area contributed by atoms with Crippen LogP contribution in [0.2, 0.25) is 0 Å². The second kappa shape index (κ2) is 5.24. The second-order valence-corrected chi connectivity index (χ2v) is 6.75. The number of nitrogens with one attached hydrogen (secondary N) is 1. The molecule has 1 aromatic heterocycles. The number of hydrogen-bond acceptors (Lipinski definition) is 5. The van der Waals surface area contributed by atoms with Gasteiger partial charge in [0.2, 0.25) is 0 Å². The highest BCUT2D eigenvalue weighted by Crippen LogP contribution is 2.34. The third kappa shape index (κ3) is 2.64. The molecule has 1 saturated heterocycles. The lowest BCUT2D eigenvalue weighted by atomic mass is 9.95. The number of methoxy groups -OCH3 is 1. The summed E-state index contributed by atoms with van der Waals surface area (Å²) in [7, 11) is 0.532. The van der Waals surface area contributed by atoms with Crippen LogP contribution < -0.4 is 10.1 Å². The zero-order valence-corrected chi connectivity index (χ0v) is 11.4. The maximum Gasteiger partial charge on any atom is 0.150 e. The van der Waals surface area contributed by atoms with Crippen molar-refractivity contribution in [3.05, 3.63) is 24.0 Å². The molecule has 0 bridgehead atoms. The first kappa shape index (κ1) is 13.3. The van der Waals surface area contributed by atoms with Crippen LogP contribution in [-0.4, -0.2) is 39.1 Å². The third-order valence-electron chi connectivity index (χ3n) is 3.36. The van der Waals surface area contributed by atoms with Crippen LogP contribution in [0.15, 0.2) is 18.3 Å². The summed E-state index contributed by atoms with van der Waals surface area (Å²) in [6, 6.07) is 3.56. The summed E-state index contributed by atoms with van der Waals surface area (Å²) in [6.45, 7) is 0. The van der Waals surface area contributed by atoms with E-state index < -0.39 is 9.84 Å². The molecule has 2 atom stereocenters. The maximum absolute atomic E-state index is 11.6. The van der Waals surface area contributed by atoms with Gasteiger partial charge in [-0.2, -0.15) is 0 Å². The highest BCUT2D eigenvalue weighted by Gasteiger charge is 2.35. The fourth-order valence-electron chi connectivity index (χ4n) is 2.49. The SMILES string of the molecule is CNC(c1ncccc1OC)C1CCS(=O)(=O)C1. The van der Waals surface area contributed by atoms with Gasteiger partial charge in [-0.3, -0.25) is 4.98 Å². The average molecular weight is 270 g/mol. The molecule has 0 amide bonds. The number of sulfone groups is 1. The zero-order chi connectivity index (χ0) is 13.2. The van der Waals surface area contributed by atoms with Gasteiger partial charge in [-0.25, -0.2) is 8.42 Å². The van der Waals surface area contributed by atoms with Crippen molar-refractivity contribution in [2.75, 3.05) is 25.7 Å². The van der Waals surface area contributed by atoms with E-state index in [1.54, 1.807) is 19.4 Å². The molecule has 18 heavy (non-hydrogen) atoms. The minimum atomic E-state index is -2.89. The highest BCUT2D eigenvalue weighted by atomic mass is 32.2.